The van der Waals surface area contributed by atoms with E-state index in [1.807, 2.05) is 16.9 Å². The number of aromatic nitrogens is 2. The Bertz CT molecular complexity index is 643. The van der Waals surface area contributed by atoms with Crippen molar-refractivity contribution in [3.05, 3.63) is 30.1 Å². The first-order valence-corrected chi connectivity index (χ1v) is 10.5. The number of carbonyl (C=O) groups is 1. The number of nitrogens with zero attached hydrogens (tertiary/aromatic N) is 3. The zero-order chi connectivity index (χ0) is 18.5. The van der Waals surface area contributed by atoms with Crippen LogP contribution in [0.2, 0.25) is 0 Å². The van der Waals surface area contributed by atoms with Crippen LogP contribution in [0.1, 0.15) is 51.4 Å². The molecule has 1 amide bonds. The highest BCUT2D eigenvalue weighted by atomic mass is 16.5. The van der Waals surface area contributed by atoms with Crippen LogP contribution in [0.15, 0.2) is 30.1 Å². The summed E-state index contributed by atoms with van der Waals surface area (Å²) in [5, 5.41) is 4.22. The number of fused-ring (bicyclic) bond motifs is 1. The maximum atomic E-state index is 13.0. The van der Waals surface area contributed by atoms with Crippen molar-refractivity contribution in [3.63, 3.8) is 0 Å². The van der Waals surface area contributed by atoms with Crippen molar-refractivity contribution in [3.8, 4) is 0 Å². The lowest BCUT2D eigenvalue weighted by Crippen LogP contribution is -2.44. The summed E-state index contributed by atoms with van der Waals surface area (Å²) in [4.78, 5) is 15.0. The molecule has 0 bridgehead atoms. The third kappa shape index (κ3) is 4.61. The Balaban J connectivity index is 1.31. The largest absolute Gasteiger partial charge is 0.374 e. The molecule has 4 rings (SSSR count). The first-order chi connectivity index (χ1) is 13.3. The molecule has 0 aromatic carbocycles. The van der Waals surface area contributed by atoms with Crippen LogP contribution in [0.4, 0.5) is 0 Å². The normalized spacial score (nSPS) is 28.1. The van der Waals surface area contributed by atoms with Crippen LogP contribution in [0, 0.1) is 0 Å². The Morgan fingerprint density at radius 3 is 3.11 bits per heavy atom. The van der Waals surface area contributed by atoms with Gasteiger partial charge in [0.1, 0.15) is 12.2 Å². The predicted molar refractivity (Wildman–Crippen MR) is 102 cm³/mol. The van der Waals surface area contributed by atoms with Crippen LogP contribution in [-0.2, 0) is 20.8 Å². The highest BCUT2D eigenvalue weighted by Crippen LogP contribution is 2.32. The number of likely N-dealkylation sites (tertiary alicyclic amines) is 1. The maximum Gasteiger partial charge on any atom is 0.227 e. The van der Waals surface area contributed by atoms with Crippen LogP contribution in [-0.4, -0.2) is 58.6 Å². The topological polar surface area (TPSA) is 56.6 Å². The second kappa shape index (κ2) is 9.02. The highest BCUT2D eigenvalue weighted by molar-refractivity contribution is 5.79. The van der Waals surface area contributed by atoms with E-state index >= 15 is 0 Å². The zero-order valence-electron chi connectivity index (χ0n) is 16.1. The molecule has 0 N–H and O–H groups in total. The van der Waals surface area contributed by atoms with Crippen molar-refractivity contribution in [2.45, 2.75) is 76.2 Å². The molecule has 3 atom stereocenters. The molecule has 6 nitrogen and oxygen atoms in total. The molecule has 0 unspecified atom stereocenters. The molecule has 3 heterocycles. The molecule has 0 spiro atoms. The highest BCUT2D eigenvalue weighted by Gasteiger charge is 2.46. The van der Waals surface area contributed by atoms with Crippen LogP contribution in [0.25, 0.3) is 0 Å². The van der Waals surface area contributed by atoms with E-state index in [1.165, 1.54) is 18.4 Å². The van der Waals surface area contributed by atoms with Gasteiger partial charge in [-0.3, -0.25) is 9.48 Å². The van der Waals surface area contributed by atoms with E-state index in [0.717, 1.165) is 45.3 Å². The first-order valence-electron chi connectivity index (χ1n) is 10.5. The molecule has 0 radical (unpaired) electrons. The van der Waals surface area contributed by atoms with Gasteiger partial charge >= 0.3 is 0 Å². The van der Waals surface area contributed by atoms with Crippen molar-refractivity contribution in [1.29, 1.82) is 0 Å². The summed E-state index contributed by atoms with van der Waals surface area (Å²) in [5.74, 6) is 0.256. The molecule has 1 aromatic heterocycles. The fourth-order valence-corrected chi connectivity index (χ4v) is 4.60. The molecule has 148 valence electrons. The zero-order valence-corrected chi connectivity index (χ0v) is 16.1. The van der Waals surface area contributed by atoms with E-state index in [1.54, 1.807) is 6.20 Å². The molecular weight excluding hydrogens is 342 g/mol. The molecule has 1 aliphatic carbocycles. The summed E-state index contributed by atoms with van der Waals surface area (Å²) in [6.45, 7) is 2.97. The van der Waals surface area contributed by atoms with Crippen LogP contribution >= 0.6 is 0 Å². The molecule has 2 aliphatic heterocycles. The van der Waals surface area contributed by atoms with Crippen LogP contribution in [0.5, 0.6) is 0 Å². The number of aryl methyl sites for hydroxylation is 1. The molecule has 2 saturated heterocycles. The van der Waals surface area contributed by atoms with E-state index in [-0.39, 0.29) is 24.2 Å². The van der Waals surface area contributed by atoms with E-state index in [0.29, 0.717) is 19.6 Å². The van der Waals surface area contributed by atoms with Gasteiger partial charge in [-0.2, -0.15) is 5.10 Å². The fourth-order valence-electron chi connectivity index (χ4n) is 4.60. The van der Waals surface area contributed by atoms with Gasteiger partial charge in [0.15, 0.2) is 0 Å². The van der Waals surface area contributed by atoms with Gasteiger partial charge < -0.3 is 14.4 Å². The predicted octanol–water partition coefficient (Wildman–Crippen LogP) is 2.94. The quantitative estimate of drug-likeness (QED) is 0.545. The van der Waals surface area contributed by atoms with E-state index in [2.05, 4.69) is 16.1 Å². The van der Waals surface area contributed by atoms with Crippen molar-refractivity contribution < 1.29 is 14.3 Å². The van der Waals surface area contributed by atoms with Crippen LogP contribution < -0.4 is 0 Å². The van der Waals surface area contributed by atoms with E-state index in [4.69, 9.17) is 9.47 Å². The van der Waals surface area contributed by atoms with Gasteiger partial charge in [-0.25, -0.2) is 0 Å². The molecule has 27 heavy (non-hydrogen) atoms. The van der Waals surface area contributed by atoms with Crippen molar-refractivity contribution >= 4 is 5.91 Å². The molecule has 2 fully saturated rings. The minimum Gasteiger partial charge on any atom is -0.374 e. The molecule has 3 aliphatic rings. The smallest absolute Gasteiger partial charge is 0.227 e. The van der Waals surface area contributed by atoms with Crippen molar-refractivity contribution in [1.82, 2.24) is 14.7 Å². The minimum atomic E-state index is -0.00259. The summed E-state index contributed by atoms with van der Waals surface area (Å²) < 4.78 is 14.1. The van der Waals surface area contributed by atoms with Gasteiger partial charge in [0.2, 0.25) is 5.91 Å². The lowest BCUT2D eigenvalue weighted by Gasteiger charge is -2.32. The summed E-state index contributed by atoms with van der Waals surface area (Å²) in [5.41, 5.74) is 1.32. The standard InChI is InChI=1S/C21H31N3O3/c25-20(15-17-7-2-1-3-8-17)24-16-19(21-18(24)9-4-13-27-21)26-14-6-12-23-11-5-10-22-23/h5,7,10-11,18-19,21H,1-4,6,8-9,12-16H2/t18-,19-,21-/m1/s1. The Hall–Kier alpha value is -1.66. The summed E-state index contributed by atoms with van der Waals surface area (Å²) in [6.07, 6.45) is 14.3. The molecule has 6 heteroatoms. The number of allylic oxidation sites excluding steroid dienone is 1. The number of carbonyl (C=O) groups excluding carboxylic acids is 1. The molecule has 0 saturated carbocycles. The van der Waals surface area contributed by atoms with Gasteiger partial charge in [0.05, 0.1) is 6.04 Å². The number of hydrogen-bond acceptors (Lipinski definition) is 4. The maximum absolute atomic E-state index is 13.0. The van der Waals surface area contributed by atoms with Gasteiger partial charge in [0, 0.05) is 45.1 Å². The third-order valence-corrected chi connectivity index (χ3v) is 5.98. The third-order valence-electron chi connectivity index (χ3n) is 5.98. The summed E-state index contributed by atoms with van der Waals surface area (Å²) >= 11 is 0. The van der Waals surface area contributed by atoms with Gasteiger partial charge in [-0.1, -0.05) is 11.6 Å². The number of ether oxygens (including phenoxy) is 2. The Labute approximate surface area is 161 Å². The average Bonchev–Trinajstić information content (AvgIpc) is 3.34. The number of amides is 1. The van der Waals surface area contributed by atoms with Gasteiger partial charge in [-0.15, -0.1) is 0 Å². The first kappa shape index (κ1) is 18.7. The molecule has 1 aromatic rings. The monoisotopic (exact) mass is 373 g/mol. The Morgan fingerprint density at radius 1 is 1.33 bits per heavy atom. The summed E-state index contributed by atoms with van der Waals surface area (Å²) in [7, 11) is 0. The second-order valence-electron chi connectivity index (χ2n) is 7.91. The second-order valence-corrected chi connectivity index (χ2v) is 7.91. The lowest BCUT2D eigenvalue weighted by molar-refractivity contribution is -0.134. The minimum absolute atomic E-state index is 0.00259. The average molecular weight is 373 g/mol. The Morgan fingerprint density at radius 2 is 2.30 bits per heavy atom. The van der Waals surface area contributed by atoms with Crippen molar-refractivity contribution in [2.75, 3.05) is 19.8 Å². The molecular formula is C21H31N3O3. The lowest BCUT2D eigenvalue weighted by atomic mass is 9.96. The van der Waals surface area contributed by atoms with Gasteiger partial charge in [0.25, 0.3) is 0 Å². The van der Waals surface area contributed by atoms with E-state index in [9.17, 15) is 4.79 Å². The number of hydrogen-bond donors (Lipinski definition) is 0. The van der Waals surface area contributed by atoms with Gasteiger partial charge in [-0.05, 0) is 51.0 Å². The Kier molecular flexibility index (Phi) is 6.24. The van der Waals surface area contributed by atoms with Crippen molar-refractivity contribution in [2.24, 2.45) is 0 Å². The SMILES string of the molecule is O=C(CC1=CCCCC1)N1C[C@@H](OCCCn2cccn2)[C@@H]2OCCC[C@H]21. The number of rotatable bonds is 7. The van der Waals surface area contributed by atoms with E-state index < -0.39 is 0 Å². The van der Waals surface area contributed by atoms with Crippen LogP contribution in [0.3, 0.4) is 0 Å². The fraction of sp³-hybridized carbons (Fsp3) is 0.714. The summed E-state index contributed by atoms with van der Waals surface area (Å²) in [6, 6.07) is 2.12.